The number of nitrogens with zero attached hydrogens (tertiary/aromatic N) is 2. The van der Waals surface area contributed by atoms with Crippen molar-refractivity contribution in [3.63, 3.8) is 0 Å². The van der Waals surface area contributed by atoms with Gasteiger partial charge in [-0.25, -0.2) is 4.98 Å². The summed E-state index contributed by atoms with van der Waals surface area (Å²) in [5.41, 5.74) is 4.39. The normalized spacial score (nSPS) is 14.3. The van der Waals surface area contributed by atoms with Crippen molar-refractivity contribution in [3.8, 4) is 0 Å². The van der Waals surface area contributed by atoms with Gasteiger partial charge in [-0.05, 0) is 25.1 Å². The molecule has 2 heterocycles. The van der Waals surface area contributed by atoms with E-state index in [1.807, 2.05) is 4.90 Å². The molecule has 2 aromatic rings. The van der Waals surface area contributed by atoms with Crippen LogP contribution in [0, 0.1) is 6.92 Å². The van der Waals surface area contributed by atoms with Crippen LogP contribution in [-0.2, 0) is 15.7 Å². The highest BCUT2D eigenvalue weighted by atomic mass is 32.1. The number of aryl methyl sites for hydroxylation is 1. The zero-order valence-corrected chi connectivity index (χ0v) is 16.8. The van der Waals surface area contributed by atoms with E-state index in [0.29, 0.717) is 42.0 Å². The van der Waals surface area contributed by atoms with E-state index < -0.39 is 23.6 Å². The fourth-order valence-electron chi connectivity index (χ4n) is 2.70. The summed E-state index contributed by atoms with van der Waals surface area (Å²) in [6.45, 7) is 3.94. The number of ether oxygens (including phenoxy) is 1. The van der Waals surface area contributed by atoms with Gasteiger partial charge < -0.3 is 15.0 Å². The molecule has 1 fully saturated rings. The summed E-state index contributed by atoms with van der Waals surface area (Å²) in [4.78, 5) is 31.1. The Balaban J connectivity index is 1.50. The van der Waals surface area contributed by atoms with Crippen LogP contribution in [0.5, 0.6) is 0 Å². The summed E-state index contributed by atoms with van der Waals surface area (Å²) in [7, 11) is 0. The number of hydrogen-bond donors (Lipinski definition) is 3. The maximum absolute atomic E-state index is 12.7. The molecule has 12 heteroatoms. The molecule has 1 aliphatic rings. The number of alkyl halides is 3. The van der Waals surface area contributed by atoms with E-state index in [2.05, 4.69) is 21.2 Å². The van der Waals surface area contributed by atoms with Gasteiger partial charge in [0.05, 0.1) is 31.0 Å². The number of rotatable bonds is 5. The molecule has 0 unspecified atom stereocenters. The van der Waals surface area contributed by atoms with Crippen LogP contribution in [0.25, 0.3) is 0 Å². The number of benzene rings is 1. The summed E-state index contributed by atoms with van der Waals surface area (Å²) in [5.74, 6) is -1.13. The van der Waals surface area contributed by atoms with E-state index in [1.54, 1.807) is 6.92 Å². The minimum Gasteiger partial charge on any atom is -0.378 e. The molecule has 3 N–H and O–H groups in total. The third kappa shape index (κ3) is 5.60. The molecule has 1 aliphatic heterocycles. The highest BCUT2D eigenvalue weighted by Gasteiger charge is 2.30. The standard InChI is InChI=1S/C18H20F3N5O3S/c1-11-15(30-17(23-11)26-5-7-29-8-6-26)16(28)25-24-14(27)10-22-13-4-2-3-12(9-13)18(19,20)21/h2-4,9,22H,5-8,10H2,1H3,(H,24,27)(H,25,28). The summed E-state index contributed by atoms with van der Waals surface area (Å²) < 4.78 is 43.5. The molecular weight excluding hydrogens is 423 g/mol. The van der Waals surface area contributed by atoms with Gasteiger partial charge in [0.25, 0.3) is 11.8 Å². The lowest BCUT2D eigenvalue weighted by molar-refractivity contribution is -0.137. The molecule has 0 radical (unpaired) electrons. The van der Waals surface area contributed by atoms with Gasteiger partial charge in [0.15, 0.2) is 5.13 Å². The first kappa shape index (κ1) is 21.8. The minimum absolute atomic E-state index is 0.139. The average molecular weight is 443 g/mol. The fourth-order valence-corrected chi connectivity index (χ4v) is 3.71. The number of carbonyl (C=O) groups excluding carboxylic acids is 2. The lowest BCUT2D eigenvalue weighted by Gasteiger charge is -2.25. The predicted octanol–water partition coefficient (Wildman–Crippen LogP) is 2.18. The molecular formula is C18H20F3N5O3S. The molecule has 3 rings (SSSR count). The number of hydrogen-bond acceptors (Lipinski definition) is 7. The first-order valence-corrected chi connectivity index (χ1v) is 9.86. The van der Waals surface area contributed by atoms with E-state index in [4.69, 9.17) is 4.74 Å². The van der Waals surface area contributed by atoms with Crippen LogP contribution in [0.4, 0.5) is 24.0 Å². The number of carbonyl (C=O) groups is 2. The molecule has 8 nitrogen and oxygen atoms in total. The summed E-state index contributed by atoms with van der Waals surface area (Å²) in [5, 5.41) is 3.29. The Kier molecular flexibility index (Phi) is 6.77. The van der Waals surface area contributed by atoms with Gasteiger partial charge in [0.1, 0.15) is 4.88 Å². The Morgan fingerprint density at radius 3 is 2.67 bits per heavy atom. The Bertz CT molecular complexity index is 913. The zero-order chi connectivity index (χ0) is 21.7. The molecule has 1 aromatic carbocycles. The van der Waals surface area contributed by atoms with Crippen molar-refractivity contribution in [2.24, 2.45) is 0 Å². The quantitative estimate of drug-likeness (QED) is 0.614. The third-order valence-electron chi connectivity index (χ3n) is 4.23. The van der Waals surface area contributed by atoms with Crippen molar-refractivity contribution in [2.45, 2.75) is 13.1 Å². The average Bonchev–Trinajstić information content (AvgIpc) is 3.12. The number of aromatic nitrogens is 1. The molecule has 2 amide bonds. The van der Waals surface area contributed by atoms with Crippen LogP contribution >= 0.6 is 11.3 Å². The number of morpholine rings is 1. The van der Waals surface area contributed by atoms with Gasteiger partial charge in [0.2, 0.25) is 0 Å². The first-order chi connectivity index (χ1) is 14.2. The maximum Gasteiger partial charge on any atom is 0.416 e. The van der Waals surface area contributed by atoms with Crippen molar-refractivity contribution in [2.75, 3.05) is 43.1 Å². The lowest BCUT2D eigenvalue weighted by Crippen LogP contribution is -2.44. The molecule has 0 spiro atoms. The number of nitrogens with one attached hydrogen (secondary N) is 3. The predicted molar refractivity (Wildman–Crippen MR) is 105 cm³/mol. The van der Waals surface area contributed by atoms with Crippen LogP contribution in [0.2, 0.25) is 0 Å². The molecule has 0 aliphatic carbocycles. The topological polar surface area (TPSA) is 95.6 Å². The van der Waals surface area contributed by atoms with Crippen molar-refractivity contribution in [1.29, 1.82) is 0 Å². The van der Waals surface area contributed by atoms with E-state index in [-0.39, 0.29) is 12.2 Å². The van der Waals surface area contributed by atoms with Gasteiger partial charge in [-0.15, -0.1) is 0 Å². The summed E-state index contributed by atoms with van der Waals surface area (Å²) >= 11 is 1.21. The number of hydrazine groups is 1. The highest BCUT2D eigenvalue weighted by Crippen LogP contribution is 2.30. The number of amides is 2. The Morgan fingerprint density at radius 2 is 1.97 bits per heavy atom. The molecule has 0 atom stereocenters. The van der Waals surface area contributed by atoms with Crippen LogP contribution in [-0.4, -0.2) is 49.6 Å². The van der Waals surface area contributed by atoms with Crippen LogP contribution in [0.15, 0.2) is 24.3 Å². The van der Waals surface area contributed by atoms with Crippen molar-refractivity contribution >= 4 is 34.0 Å². The molecule has 162 valence electrons. The number of thiazole rings is 1. The number of halogens is 3. The van der Waals surface area contributed by atoms with E-state index in [0.717, 1.165) is 12.1 Å². The second-order valence-corrected chi connectivity index (χ2v) is 7.42. The molecule has 0 bridgehead atoms. The fraction of sp³-hybridized carbons (Fsp3) is 0.389. The molecule has 1 saturated heterocycles. The molecule has 0 saturated carbocycles. The Hall–Kier alpha value is -2.86. The largest absolute Gasteiger partial charge is 0.416 e. The van der Waals surface area contributed by atoms with E-state index in [1.165, 1.54) is 23.5 Å². The van der Waals surface area contributed by atoms with Crippen LogP contribution in [0.3, 0.4) is 0 Å². The first-order valence-electron chi connectivity index (χ1n) is 9.04. The van der Waals surface area contributed by atoms with Gasteiger partial charge in [0, 0.05) is 18.8 Å². The van der Waals surface area contributed by atoms with E-state index >= 15 is 0 Å². The smallest absolute Gasteiger partial charge is 0.378 e. The van der Waals surface area contributed by atoms with Gasteiger partial charge in [-0.3, -0.25) is 20.4 Å². The van der Waals surface area contributed by atoms with Crippen molar-refractivity contribution in [3.05, 3.63) is 40.4 Å². The van der Waals surface area contributed by atoms with Gasteiger partial charge >= 0.3 is 6.18 Å². The second kappa shape index (κ2) is 9.30. The van der Waals surface area contributed by atoms with Crippen molar-refractivity contribution < 1.29 is 27.5 Å². The lowest BCUT2D eigenvalue weighted by atomic mass is 10.2. The van der Waals surface area contributed by atoms with Crippen molar-refractivity contribution in [1.82, 2.24) is 15.8 Å². The Morgan fingerprint density at radius 1 is 1.23 bits per heavy atom. The number of anilines is 2. The van der Waals surface area contributed by atoms with Gasteiger partial charge in [-0.1, -0.05) is 17.4 Å². The Labute approximate surface area is 174 Å². The van der Waals surface area contributed by atoms with Crippen LogP contribution < -0.4 is 21.1 Å². The second-order valence-electron chi connectivity index (χ2n) is 6.44. The van der Waals surface area contributed by atoms with Crippen LogP contribution in [0.1, 0.15) is 20.9 Å². The maximum atomic E-state index is 12.7. The monoisotopic (exact) mass is 443 g/mol. The third-order valence-corrected chi connectivity index (χ3v) is 5.45. The minimum atomic E-state index is -4.47. The summed E-state index contributed by atoms with van der Waals surface area (Å²) in [6.07, 6.45) is -4.47. The molecule has 1 aromatic heterocycles. The zero-order valence-electron chi connectivity index (χ0n) is 16.0. The van der Waals surface area contributed by atoms with Gasteiger partial charge in [-0.2, -0.15) is 13.2 Å². The summed E-state index contributed by atoms with van der Waals surface area (Å²) in [6, 6.07) is 4.49. The SMILES string of the molecule is Cc1nc(N2CCOCC2)sc1C(=O)NNC(=O)CNc1cccc(C(F)(F)F)c1. The highest BCUT2D eigenvalue weighted by molar-refractivity contribution is 7.17. The molecule has 30 heavy (non-hydrogen) atoms. The van der Waals surface area contributed by atoms with E-state index in [9.17, 15) is 22.8 Å².